The molecule has 1 aromatic heterocycles. The molecule has 0 atom stereocenters. The van der Waals surface area contributed by atoms with Crippen molar-refractivity contribution in [2.45, 2.75) is 90.5 Å². The van der Waals surface area contributed by atoms with Gasteiger partial charge in [-0.3, -0.25) is 0 Å². The lowest BCUT2D eigenvalue weighted by Gasteiger charge is -2.30. The lowest BCUT2D eigenvalue weighted by atomic mass is 9.73. The zero-order valence-corrected chi connectivity index (χ0v) is 26.7. The Morgan fingerprint density at radius 3 is 1.95 bits per heavy atom. The van der Waals surface area contributed by atoms with E-state index in [1.165, 1.54) is 67.6 Å². The quantitative estimate of drug-likeness (QED) is 0.181. The highest BCUT2D eigenvalue weighted by Gasteiger charge is 2.41. The van der Waals surface area contributed by atoms with E-state index in [9.17, 15) is 0 Å². The van der Waals surface area contributed by atoms with Gasteiger partial charge >= 0.3 is 0 Å². The Bertz CT molecular complexity index is 1720. The zero-order chi connectivity index (χ0) is 29.5. The van der Waals surface area contributed by atoms with E-state index < -0.39 is 0 Å². The summed E-state index contributed by atoms with van der Waals surface area (Å²) in [6.07, 6.45) is 7.61. The maximum Gasteiger partial charge on any atom is 0.124 e. The van der Waals surface area contributed by atoms with Crippen LogP contribution in [-0.4, -0.2) is 4.98 Å². The summed E-state index contributed by atoms with van der Waals surface area (Å²) in [4.78, 5) is 5.08. The maximum absolute atomic E-state index is 6.70. The monoisotopic (exact) mass is 572 g/mol. The first-order valence-electron chi connectivity index (χ1n) is 16.0. The molecule has 0 fully saturated rings. The van der Waals surface area contributed by atoms with E-state index in [2.05, 4.69) is 113 Å². The van der Waals surface area contributed by atoms with E-state index in [1.807, 2.05) is 11.3 Å². The number of benzene rings is 4. The van der Waals surface area contributed by atoms with Crippen LogP contribution >= 0.6 is 11.3 Å². The number of aryl methyl sites for hydroxylation is 1. The van der Waals surface area contributed by atoms with Crippen molar-refractivity contribution in [3.05, 3.63) is 101 Å². The molecule has 1 aliphatic rings. The van der Waals surface area contributed by atoms with Gasteiger partial charge in [0.25, 0.3) is 0 Å². The Morgan fingerprint density at radius 2 is 1.33 bits per heavy atom. The summed E-state index contributed by atoms with van der Waals surface area (Å²) >= 11 is 1.83. The van der Waals surface area contributed by atoms with Crippen molar-refractivity contribution in [2.24, 2.45) is 5.73 Å². The molecule has 6 rings (SSSR count). The summed E-state index contributed by atoms with van der Waals surface area (Å²) in [5, 5.41) is 1.12. The van der Waals surface area contributed by atoms with Crippen LogP contribution in [0.5, 0.6) is 0 Å². The molecular weight excluding hydrogens is 529 g/mol. The van der Waals surface area contributed by atoms with Crippen LogP contribution in [0, 0.1) is 0 Å². The van der Waals surface area contributed by atoms with Gasteiger partial charge in [-0.1, -0.05) is 95.6 Å². The molecule has 2 nitrogen and oxygen atoms in total. The SMILES string of the molecule is CCCCc1ccc2nc(-c3ccc4c(c3)C(CC)(CC)c3cc(-c5ccc(C(N)(CC)CC)cc5)ccc3-4)sc2c1. The molecular formula is C39H44N2S. The van der Waals surface area contributed by atoms with Gasteiger partial charge in [0.1, 0.15) is 5.01 Å². The average Bonchev–Trinajstić information content (AvgIpc) is 3.59. The normalized spacial score (nSPS) is 13.9. The third kappa shape index (κ3) is 4.71. The Balaban J connectivity index is 1.38. The molecule has 0 amide bonds. The van der Waals surface area contributed by atoms with Crippen LogP contribution in [0.25, 0.3) is 43.0 Å². The minimum absolute atomic E-state index is 0.00251. The predicted octanol–water partition coefficient (Wildman–Crippen LogP) is 11.0. The second-order valence-electron chi connectivity index (χ2n) is 12.2. The van der Waals surface area contributed by atoms with Crippen LogP contribution in [0.4, 0.5) is 0 Å². The molecule has 5 aromatic rings. The Morgan fingerprint density at radius 1 is 0.714 bits per heavy atom. The molecule has 0 saturated carbocycles. The Kier molecular flexibility index (Phi) is 7.85. The topological polar surface area (TPSA) is 38.9 Å². The van der Waals surface area contributed by atoms with Crippen LogP contribution < -0.4 is 5.73 Å². The number of hydrogen-bond donors (Lipinski definition) is 1. The third-order valence-electron chi connectivity index (χ3n) is 10.1. The number of rotatable bonds is 10. The number of hydrogen-bond acceptors (Lipinski definition) is 3. The summed E-state index contributed by atoms with van der Waals surface area (Å²) in [6, 6.07) is 30.0. The molecule has 0 spiro atoms. The van der Waals surface area contributed by atoms with Gasteiger partial charge in [-0.05, 0) is 107 Å². The van der Waals surface area contributed by atoms with E-state index in [-0.39, 0.29) is 11.0 Å². The largest absolute Gasteiger partial charge is 0.321 e. The molecule has 4 aromatic carbocycles. The van der Waals surface area contributed by atoms with Gasteiger partial charge in [0, 0.05) is 16.5 Å². The highest BCUT2D eigenvalue weighted by molar-refractivity contribution is 7.21. The summed E-state index contributed by atoms with van der Waals surface area (Å²) in [5.41, 5.74) is 19.6. The second kappa shape index (κ2) is 11.4. The standard InChI is InChI=1S/C39H44N2S/c1-6-11-12-26-13-22-35-36(23-26)42-37(41-35)29-17-21-32-31-20-16-28(24-33(31)38(7-2,8-3)34(32)25-29)27-14-18-30(19-15-27)39(40,9-4)10-5/h13-25H,6-12,40H2,1-5H3. The maximum atomic E-state index is 6.70. The molecule has 0 unspecified atom stereocenters. The summed E-state index contributed by atoms with van der Waals surface area (Å²) in [5.74, 6) is 0. The van der Waals surface area contributed by atoms with Gasteiger partial charge in [0.2, 0.25) is 0 Å². The van der Waals surface area contributed by atoms with Gasteiger partial charge in [-0.25, -0.2) is 4.98 Å². The third-order valence-corrected chi connectivity index (χ3v) is 11.2. The van der Waals surface area contributed by atoms with E-state index in [4.69, 9.17) is 10.7 Å². The van der Waals surface area contributed by atoms with Gasteiger partial charge < -0.3 is 5.73 Å². The van der Waals surface area contributed by atoms with Crippen LogP contribution in [0.1, 0.15) is 95.4 Å². The van der Waals surface area contributed by atoms with Gasteiger partial charge in [0.15, 0.2) is 0 Å². The minimum Gasteiger partial charge on any atom is -0.321 e. The molecule has 0 aliphatic heterocycles. The Hall–Kier alpha value is -3.27. The van der Waals surface area contributed by atoms with Crippen molar-refractivity contribution in [1.82, 2.24) is 4.98 Å². The molecule has 0 radical (unpaired) electrons. The van der Waals surface area contributed by atoms with Gasteiger partial charge in [-0.15, -0.1) is 11.3 Å². The molecule has 0 bridgehead atoms. The lowest BCUT2D eigenvalue weighted by molar-refractivity contribution is 0.413. The molecule has 1 heterocycles. The van der Waals surface area contributed by atoms with Crippen molar-refractivity contribution in [1.29, 1.82) is 0 Å². The number of fused-ring (bicyclic) bond motifs is 4. The fraction of sp³-hybridized carbons (Fsp3) is 0.359. The van der Waals surface area contributed by atoms with Crippen LogP contribution in [0.3, 0.4) is 0 Å². The number of unbranched alkanes of at least 4 members (excludes halogenated alkanes) is 1. The molecule has 2 N–H and O–H groups in total. The number of thiazole rings is 1. The van der Waals surface area contributed by atoms with Crippen LogP contribution in [-0.2, 0) is 17.4 Å². The summed E-state index contributed by atoms with van der Waals surface area (Å²) in [6.45, 7) is 11.3. The van der Waals surface area contributed by atoms with E-state index in [1.54, 1.807) is 0 Å². The fourth-order valence-electron chi connectivity index (χ4n) is 7.10. The van der Waals surface area contributed by atoms with Crippen LogP contribution in [0.15, 0.2) is 78.9 Å². The molecule has 1 aliphatic carbocycles. The highest BCUT2D eigenvalue weighted by Crippen LogP contribution is 2.54. The number of nitrogens with two attached hydrogens (primary N) is 1. The fourth-order valence-corrected chi connectivity index (χ4v) is 8.13. The van der Waals surface area contributed by atoms with Crippen molar-refractivity contribution in [3.8, 4) is 32.8 Å². The molecule has 42 heavy (non-hydrogen) atoms. The van der Waals surface area contributed by atoms with Crippen molar-refractivity contribution >= 4 is 21.6 Å². The number of nitrogens with zero attached hydrogens (tertiary/aromatic N) is 1. The van der Waals surface area contributed by atoms with E-state index in [0.29, 0.717) is 0 Å². The minimum atomic E-state index is -0.254. The van der Waals surface area contributed by atoms with Crippen molar-refractivity contribution in [2.75, 3.05) is 0 Å². The molecule has 216 valence electrons. The summed E-state index contributed by atoms with van der Waals surface area (Å²) < 4.78 is 1.29. The predicted molar refractivity (Wildman–Crippen MR) is 182 cm³/mol. The summed E-state index contributed by atoms with van der Waals surface area (Å²) in [7, 11) is 0. The Labute approximate surface area is 256 Å². The first-order valence-corrected chi connectivity index (χ1v) is 16.8. The van der Waals surface area contributed by atoms with Gasteiger partial charge in [0.05, 0.1) is 10.2 Å². The molecule has 3 heteroatoms. The zero-order valence-electron chi connectivity index (χ0n) is 25.9. The van der Waals surface area contributed by atoms with Gasteiger partial charge in [-0.2, -0.15) is 0 Å². The van der Waals surface area contributed by atoms with E-state index >= 15 is 0 Å². The number of aromatic nitrogens is 1. The smallest absolute Gasteiger partial charge is 0.124 e. The molecule has 0 saturated heterocycles. The second-order valence-corrected chi connectivity index (χ2v) is 13.2. The van der Waals surface area contributed by atoms with Crippen molar-refractivity contribution in [3.63, 3.8) is 0 Å². The first-order chi connectivity index (χ1) is 20.4. The van der Waals surface area contributed by atoms with Crippen molar-refractivity contribution < 1.29 is 0 Å². The highest BCUT2D eigenvalue weighted by atomic mass is 32.1. The first kappa shape index (κ1) is 28.8. The van der Waals surface area contributed by atoms with E-state index in [0.717, 1.165) is 42.6 Å². The average molecular weight is 573 g/mol. The lowest BCUT2D eigenvalue weighted by Crippen LogP contribution is -2.34. The van der Waals surface area contributed by atoms with Crippen LogP contribution in [0.2, 0.25) is 0 Å².